The number of piperazine rings is 1. The fourth-order valence-corrected chi connectivity index (χ4v) is 4.64. The Kier molecular flexibility index (Phi) is 9.99. The van der Waals surface area contributed by atoms with Crippen molar-refractivity contribution in [2.75, 3.05) is 45.3 Å². The molecule has 1 unspecified atom stereocenters. The highest BCUT2D eigenvalue weighted by molar-refractivity contribution is 7.80. The van der Waals surface area contributed by atoms with Crippen molar-refractivity contribution in [3.05, 3.63) is 77.9 Å². The quantitative estimate of drug-likeness (QED) is 0.413. The van der Waals surface area contributed by atoms with E-state index < -0.39 is 11.1 Å². The monoisotopic (exact) mass is 496 g/mol. The van der Waals surface area contributed by atoms with E-state index in [4.69, 9.17) is 13.7 Å². The van der Waals surface area contributed by atoms with Gasteiger partial charge in [0, 0.05) is 38.4 Å². The second-order valence-electron chi connectivity index (χ2n) is 8.08. The van der Waals surface area contributed by atoms with Gasteiger partial charge in [0.2, 0.25) is 11.1 Å². The molecule has 3 aromatic carbocycles. The van der Waals surface area contributed by atoms with Gasteiger partial charge in [0.25, 0.3) is 0 Å². The molecule has 0 spiro atoms. The average Bonchev–Trinajstić information content (AvgIpc) is 2.91. The van der Waals surface area contributed by atoms with Gasteiger partial charge in [-0.15, -0.1) is 0 Å². The fourth-order valence-electron chi connectivity index (χ4n) is 3.90. The lowest BCUT2D eigenvalue weighted by Crippen LogP contribution is -2.45. The van der Waals surface area contributed by atoms with Crippen molar-refractivity contribution in [2.45, 2.75) is 32.2 Å². The number of hydrogen-bond acceptors (Lipinski definition) is 6. The maximum atomic E-state index is 12.4. The summed E-state index contributed by atoms with van der Waals surface area (Å²) in [6.45, 7) is 10.7. The van der Waals surface area contributed by atoms with E-state index in [9.17, 15) is 4.21 Å². The maximum Gasteiger partial charge on any atom is 0.240 e. The normalized spacial score (nSPS) is 14.5. The minimum absolute atomic E-state index is 0.602. The molecule has 7 heteroatoms. The lowest BCUT2D eigenvalue weighted by molar-refractivity contribution is 0.249. The van der Waals surface area contributed by atoms with Crippen LogP contribution in [-0.4, -0.2) is 49.5 Å². The molecule has 4 rings (SSSR count). The summed E-state index contributed by atoms with van der Waals surface area (Å²) in [4.78, 5) is 5.47. The molecule has 0 radical (unpaired) electrons. The van der Waals surface area contributed by atoms with Crippen LogP contribution in [0.2, 0.25) is 0 Å². The highest BCUT2D eigenvalue weighted by Gasteiger charge is 2.18. The van der Waals surface area contributed by atoms with Crippen LogP contribution < -0.4 is 18.6 Å². The summed E-state index contributed by atoms with van der Waals surface area (Å²) in [6, 6.07) is 21.5. The first-order chi connectivity index (χ1) is 17.1. The number of nitrogens with zero attached hydrogens (tertiary/aromatic N) is 2. The highest BCUT2D eigenvalue weighted by Crippen LogP contribution is 2.28. The first kappa shape index (κ1) is 26.6. The van der Waals surface area contributed by atoms with Crippen molar-refractivity contribution in [1.29, 1.82) is 0 Å². The Morgan fingerprint density at radius 2 is 1.43 bits per heavy atom. The molecule has 188 valence electrons. The molecule has 35 heavy (non-hydrogen) atoms. The van der Waals surface area contributed by atoms with Crippen molar-refractivity contribution in [3.63, 3.8) is 0 Å². The zero-order valence-corrected chi connectivity index (χ0v) is 22.1. The highest BCUT2D eigenvalue weighted by atomic mass is 32.2. The zero-order chi connectivity index (χ0) is 25.2. The standard InChI is InChI=1S/C26H30N2O4S.C2H6/c1-20-4-11-24(12-5-20)33(29)32-23-9-7-22(8-10-23)28-16-14-27(15-17-28)19-21-6-13-25(30-2)26(18-21)31-3;1-2/h4-13,18H,14-17,19H2,1-3H3;1-2H3. The van der Waals surface area contributed by atoms with Crippen LogP contribution in [0, 0.1) is 6.92 Å². The Morgan fingerprint density at radius 3 is 2.03 bits per heavy atom. The Bertz CT molecular complexity index is 1080. The van der Waals surface area contributed by atoms with Gasteiger partial charge in [0.15, 0.2) is 11.5 Å². The third kappa shape index (κ3) is 7.23. The Morgan fingerprint density at radius 1 is 0.800 bits per heavy atom. The van der Waals surface area contributed by atoms with Crippen LogP contribution in [0.1, 0.15) is 25.0 Å². The SMILES string of the molecule is CC.COc1ccc(CN2CCN(c3ccc(OS(=O)c4ccc(C)cc4)cc3)CC2)cc1OC. The van der Waals surface area contributed by atoms with E-state index in [1.165, 1.54) is 5.56 Å². The van der Waals surface area contributed by atoms with Crippen molar-refractivity contribution in [2.24, 2.45) is 0 Å². The van der Waals surface area contributed by atoms with Gasteiger partial charge in [-0.25, -0.2) is 4.21 Å². The van der Waals surface area contributed by atoms with E-state index in [-0.39, 0.29) is 0 Å². The largest absolute Gasteiger partial charge is 0.493 e. The first-order valence-corrected chi connectivity index (χ1v) is 13.1. The first-order valence-electron chi connectivity index (χ1n) is 12.0. The number of benzene rings is 3. The fraction of sp³-hybridized carbons (Fsp3) is 0.357. The molecular weight excluding hydrogens is 460 g/mol. The van der Waals surface area contributed by atoms with Gasteiger partial charge in [0.1, 0.15) is 5.75 Å². The molecule has 3 aromatic rings. The maximum absolute atomic E-state index is 12.4. The van der Waals surface area contributed by atoms with Crippen LogP contribution >= 0.6 is 0 Å². The summed E-state index contributed by atoms with van der Waals surface area (Å²) >= 11 is -1.52. The minimum Gasteiger partial charge on any atom is -0.493 e. The molecule has 0 aliphatic carbocycles. The molecule has 0 bridgehead atoms. The molecule has 6 nitrogen and oxygen atoms in total. The molecule has 1 heterocycles. The summed E-state index contributed by atoms with van der Waals surface area (Å²) in [7, 11) is 3.32. The molecule has 0 N–H and O–H groups in total. The van der Waals surface area contributed by atoms with Crippen LogP contribution in [0.25, 0.3) is 0 Å². The Labute approximate surface area is 212 Å². The lowest BCUT2D eigenvalue weighted by Gasteiger charge is -2.36. The number of anilines is 1. The molecule has 1 atom stereocenters. The zero-order valence-electron chi connectivity index (χ0n) is 21.3. The van der Waals surface area contributed by atoms with Crippen LogP contribution in [0.3, 0.4) is 0 Å². The molecular formula is C28H36N2O4S. The van der Waals surface area contributed by atoms with Gasteiger partial charge in [-0.1, -0.05) is 37.6 Å². The van der Waals surface area contributed by atoms with E-state index >= 15 is 0 Å². The van der Waals surface area contributed by atoms with Gasteiger partial charge < -0.3 is 18.6 Å². The number of rotatable bonds is 8. The second-order valence-corrected chi connectivity index (χ2v) is 9.19. The van der Waals surface area contributed by atoms with Gasteiger partial charge >= 0.3 is 0 Å². The van der Waals surface area contributed by atoms with E-state index in [1.54, 1.807) is 14.2 Å². The average molecular weight is 497 g/mol. The van der Waals surface area contributed by atoms with Crippen LogP contribution in [0.4, 0.5) is 5.69 Å². The Balaban J connectivity index is 0.00000167. The van der Waals surface area contributed by atoms with Gasteiger partial charge in [-0.05, 0) is 61.0 Å². The van der Waals surface area contributed by atoms with Crippen LogP contribution in [-0.2, 0) is 17.6 Å². The van der Waals surface area contributed by atoms with Crippen molar-refractivity contribution < 1.29 is 17.9 Å². The minimum atomic E-state index is -1.52. The third-order valence-electron chi connectivity index (χ3n) is 5.81. The van der Waals surface area contributed by atoms with Crippen LogP contribution in [0.15, 0.2) is 71.6 Å². The van der Waals surface area contributed by atoms with Gasteiger partial charge in [-0.2, -0.15) is 0 Å². The predicted molar refractivity (Wildman–Crippen MR) is 143 cm³/mol. The van der Waals surface area contributed by atoms with Gasteiger partial charge in [0.05, 0.1) is 19.1 Å². The van der Waals surface area contributed by atoms with E-state index in [1.807, 2.05) is 81.4 Å². The molecule has 1 saturated heterocycles. The topological polar surface area (TPSA) is 51.2 Å². The summed E-state index contributed by atoms with van der Waals surface area (Å²) in [5.41, 5.74) is 3.49. The predicted octanol–water partition coefficient (Wildman–Crippen LogP) is 5.46. The van der Waals surface area contributed by atoms with Crippen molar-refractivity contribution >= 4 is 16.8 Å². The summed E-state index contributed by atoms with van der Waals surface area (Å²) in [6.07, 6.45) is 0. The van der Waals surface area contributed by atoms with E-state index in [0.717, 1.165) is 55.5 Å². The van der Waals surface area contributed by atoms with Crippen LogP contribution in [0.5, 0.6) is 17.2 Å². The third-order valence-corrected chi connectivity index (χ3v) is 6.81. The molecule has 0 amide bonds. The second kappa shape index (κ2) is 13.2. The van der Waals surface area contributed by atoms with E-state index in [0.29, 0.717) is 10.6 Å². The molecule has 0 aromatic heterocycles. The Hall–Kier alpha value is -3.03. The number of aryl methyl sites for hydroxylation is 1. The summed E-state index contributed by atoms with van der Waals surface area (Å²) in [5, 5.41) is 0. The molecule has 1 aliphatic heterocycles. The van der Waals surface area contributed by atoms with Crippen molar-refractivity contribution in [3.8, 4) is 17.2 Å². The van der Waals surface area contributed by atoms with E-state index in [2.05, 4.69) is 15.9 Å². The smallest absolute Gasteiger partial charge is 0.240 e. The lowest BCUT2D eigenvalue weighted by atomic mass is 10.1. The number of methoxy groups -OCH3 is 2. The summed E-state index contributed by atoms with van der Waals surface area (Å²) in [5.74, 6) is 2.12. The molecule has 0 saturated carbocycles. The summed E-state index contributed by atoms with van der Waals surface area (Å²) < 4.78 is 28.8. The number of ether oxygens (including phenoxy) is 2. The van der Waals surface area contributed by atoms with Gasteiger partial charge in [-0.3, -0.25) is 4.90 Å². The molecule has 1 aliphatic rings. The van der Waals surface area contributed by atoms with Crippen molar-refractivity contribution in [1.82, 2.24) is 4.90 Å². The number of hydrogen-bond donors (Lipinski definition) is 0. The molecule has 1 fully saturated rings.